The average Bonchev–Trinajstić information content (AvgIpc) is 3.09. The Balaban J connectivity index is 2.02. The summed E-state index contributed by atoms with van der Waals surface area (Å²) in [6.07, 6.45) is 0.322. The number of nitrogen functional groups attached to an aromatic ring is 1. The van der Waals surface area contributed by atoms with Crippen LogP contribution in [0.5, 0.6) is 0 Å². The summed E-state index contributed by atoms with van der Waals surface area (Å²) in [4.78, 5) is 17.3. The second-order valence-corrected chi connectivity index (χ2v) is 10.8. The van der Waals surface area contributed by atoms with E-state index in [4.69, 9.17) is 10.2 Å². The van der Waals surface area contributed by atoms with Crippen LogP contribution in [-0.2, 0) is 21.9 Å². The van der Waals surface area contributed by atoms with Crippen LogP contribution >= 0.6 is 0 Å². The van der Waals surface area contributed by atoms with E-state index < -0.39 is 21.3 Å². The van der Waals surface area contributed by atoms with E-state index in [1.807, 2.05) is 41.5 Å². The maximum atomic E-state index is 13.0. The minimum atomic E-state index is -4.13. The number of anilines is 1. The summed E-state index contributed by atoms with van der Waals surface area (Å²) in [5.74, 6) is -0.157. The number of amides is 1. The normalized spacial score (nSPS) is 12.1. The third kappa shape index (κ3) is 5.02. The van der Waals surface area contributed by atoms with Crippen molar-refractivity contribution in [3.63, 3.8) is 0 Å². The van der Waals surface area contributed by atoms with Gasteiger partial charge in [-0.1, -0.05) is 44.5 Å². The van der Waals surface area contributed by atoms with Gasteiger partial charge in [-0.2, -0.15) is 0 Å². The molecular formula is C24H29N3O4S. The molecule has 0 saturated carbocycles. The number of nitrogens with zero attached hydrogens (tertiary/aromatic N) is 1. The van der Waals surface area contributed by atoms with Crippen molar-refractivity contribution in [3.05, 3.63) is 76.0 Å². The van der Waals surface area contributed by atoms with Gasteiger partial charge in [0.15, 0.2) is 5.69 Å². The van der Waals surface area contributed by atoms with Gasteiger partial charge in [-0.3, -0.25) is 4.79 Å². The molecule has 0 atom stereocenters. The molecule has 0 fully saturated rings. The first-order valence-electron chi connectivity index (χ1n) is 10.3. The fourth-order valence-electron chi connectivity index (χ4n) is 3.53. The smallest absolute Gasteiger partial charge is 0.287 e. The molecule has 2 aromatic carbocycles. The topological polar surface area (TPSA) is 115 Å². The van der Waals surface area contributed by atoms with Crippen molar-refractivity contribution >= 4 is 21.6 Å². The second-order valence-electron chi connectivity index (χ2n) is 9.10. The molecule has 0 bridgehead atoms. The van der Waals surface area contributed by atoms with Crippen molar-refractivity contribution in [1.82, 2.24) is 9.71 Å². The first-order chi connectivity index (χ1) is 14.8. The maximum Gasteiger partial charge on any atom is 0.287 e. The molecule has 0 spiro atoms. The van der Waals surface area contributed by atoms with E-state index in [0.717, 1.165) is 22.3 Å². The standard InChI is InChI=1S/C24H29N3O4S/c1-14-10-15(2)19(16(3)11-14)13-20-21(26-23(31-20)24(4,5)6)22(28)27-32(29,30)18-9-7-8-17(25)12-18/h7-12H,13,25H2,1-6H3,(H,27,28). The van der Waals surface area contributed by atoms with Gasteiger partial charge in [0.2, 0.25) is 5.89 Å². The van der Waals surface area contributed by atoms with Crippen molar-refractivity contribution in [3.8, 4) is 0 Å². The number of hydrogen-bond acceptors (Lipinski definition) is 6. The lowest BCUT2D eigenvalue weighted by Crippen LogP contribution is -2.31. The molecule has 3 N–H and O–H groups in total. The van der Waals surface area contributed by atoms with Crippen LogP contribution in [0.3, 0.4) is 0 Å². The van der Waals surface area contributed by atoms with E-state index in [-0.39, 0.29) is 16.3 Å². The largest absolute Gasteiger partial charge is 0.444 e. The molecule has 170 valence electrons. The number of benzene rings is 2. The summed E-state index contributed by atoms with van der Waals surface area (Å²) in [5, 5.41) is 0. The number of sulfonamides is 1. The Hall–Kier alpha value is -3.13. The van der Waals surface area contributed by atoms with E-state index >= 15 is 0 Å². The van der Waals surface area contributed by atoms with Crippen molar-refractivity contribution in [2.75, 3.05) is 5.73 Å². The lowest BCUT2D eigenvalue weighted by atomic mass is 9.96. The molecule has 7 nitrogen and oxygen atoms in total. The number of aromatic nitrogens is 1. The van der Waals surface area contributed by atoms with E-state index in [1.54, 1.807) is 6.07 Å². The predicted molar refractivity (Wildman–Crippen MR) is 124 cm³/mol. The van der Waals surface area contributed by atoms with Crippen LogP contribution in [-0.4, -0.2) is 19.3 Å². The summed E-state index contributed by atoms with van der Waals surface area (Å²) >= 11 is 0. The zero-order chi connectivity index (χ0) is 23.8. The highest BCUT2D eigenvalue weighted by Gasteiger charge is 2.29. The fraction of sp³-hybridized carbons (Fsp3) is 0.333. The number of hydrogen-bond donors (Lipinski definition) is 2. The van der Waals surface area contributed by atoms with Gasteiger partial charge in [0.1, 0.15) is 5.76 Å². The summed E-state index contributed by atoms with van der Waals surface area (Å²) in [7, 11) is -4.13. The van der Waals surface area contributed by atoms with Crippen molar-refractivity contribution in [1.29, 1.82) is 0 Å². The van der Waals surface area contributed by atoms with Gasteiger partial charge in [0, 0.05) is 17.5 Å². The Kier molecular flexibility index (Phi) is 6.20. The molecule has 3 rings (SSSR count). The predicted octanol–water partition coefficient (Wildman–Crippen LogP) is 4.19. The third-order valence-electron chi connectivity index (χ3n) is 5.13. The third-order valence-corrected chi connectivity index (χ3v) is 6.46. The van der Waals surface area contributed by atoms with Crippen LogP contribution in [0, 0.1) is 20.8 Å². The van der Waals surface area contributed by atoms with Gasteiger partial charge in [-0.15, -0.1) is 0 Å². The second kappa shape index (κ2) is 8.43. The Morgan fingerprint density at radius 1 is 1.09 bits per heavy atom. The minimum Gasteiger partial charge on any atom is -0.444 e. The van der Waals surface area contributed by atoms with Gasteiger partial charge in [0.25, 0.3) is 15.9 Å². The van der Waals surface area contributed by atoms with Crippen LogP contribution in [0.4, 0.5) is 5.69 Å². The molecule has 1 heterocycles. The quantitative estimate of drug-likeness (QED) is 0.558. The molecule has 32 heavy (non-hydrogen) atoms. The zero-order valence-corrected chi connectivity index (χ0v) is 20.1. The molecule has 0 saturated heterocycles. The van der Waals surface area contributed by atoms with E-state index in [9.17, 15) is 13.2 Å². The van der Waals surface area contributed by atoms with Gasteiger partial charge in [0.05, 0.1) is 4.90 Å². The number of carbonyl (C=O) groups excluding carboxylic acids is 1. The Morgan fingerprint density at radius 2 is 1.72 bits per heavy atom. The molecule has 1 amide bonds. The van der Waals surface area contributed by atoms with Gasteiger partial charge >= 0.3 is 0 Å². The van der Waals surface area contributed by atoms with Crippen LogP contribution in [0.15, 0.2) is 45.7 Å². The molecule has 0 aliphatic carbocycles. The van der Waals surface area contributed by atoms with Crippen LogP contribution in [0.2, 0.25) is 0 Å². The Labute approximate surface area is 189 Å². The number of carbonyl (C=O) groups is 1. The van der Waals surface area contributed by atoms with Crippen LogP contribution in [0.1, 0.15) is 65.2 Å². The van der Waals surface area contributed by atoms with Gasteiger partial charge < -0.3 is 10.2 Å². The fourth-order valence-corrected chi connectivity index (χ4v) is 4.54. The zero-order valence-electron chi connectivity index (χ0n) is 19.2. The van der Waals surface area contributed by atoms with Crippen molar-refractivity contribution in [2.24, 2.45) is 0 Å². The maximum absolute atomic E-state index is 13.0. The summed E-state index contributed by atoms with van der Waals surface area (Å²) in [6, 6.07) is 9.87. The number of rotatable bonds is 5. The highest BCUT2D eigenvalue weighted by molar-refractivity contribution is 7.90. The number of nitrogens with one attached hydrogen (secondary N) is 1. The van der Waals surface area contributed by atoms with E-state index in [0.29, 0.717) is 18.1 Å². The minimum absolute atomic E-state index is 0.0400. The van der Waals surface area contributed by atoms with Crippen molar-refractivity contribution in [2.45, 2.75) is 58.3 Å². The SMILES string of the molecule is Cc1cc(C)c(Cc2oc(C(C)(C)C)nc2C(=O)NS(=O)(=O)c2cccc(N)c2)c(C)c1. The van der Waals surface area contributed by atoms with Crippen molar-refractivity contribution < 1.29 is 17.6 Å². The molecule has 0 aliphatic heterocycles. The molecule has 1 aromatic heterocycles. The molecule has 3 aromatic rings. The summed E-state index contributed by atoms with van der Waals surface area (Å²) in [6.45, 7) is 11.8. The lowest BCUT2D eigenvalue weighted by molar-refractivity contribution is 0.0975. The van der Waals surface area contributed by atoms with E-state index in [2.05, 4.69) is 21.8 Å². The Bertz CT molecular complexity index is 1260. The highest BCUT2D eigenvalue weighted by Crippen LogP contribution is 2.28. The first-order valence-corrected chi connectivity index (χ1v) is 11.8. The number of nitrogens with two attached hydrogens (primary N) is 1. The first kappa shape index (κ1) is 23.5. The van der Waals surface area contributed by atoms with Crippen LogP contribution in [0.25, 0.3) is 0 Å². The van der Waals surface area contributed by atoms with Gasteiger partial charge in [-0.25, -0.2) is 18.1 Å². The summed E-state index contributed by atoms with van der Waals surface area (Å²) < 4.78 is 33.6. The molecular weight excluding hydrogens is 426 g/mol. The molecule has 0 unspecified atom stereocenters. The molecule has 0 radical (unpaired) electrons. The molecule has 8 heteroatoms. The summed E-state index contributed by atoms with van der Waals surface area (Å²) in [5.41, 5.74) is 9.76. The average molecular weight is 456 g/mol. The van der Waals surface area contributed by atoms with Crippen LogP contribution < -0.4 is 10.5 Å². The number of aryl methyl sites for hydroxylation is 3. The highest BCUT2D eigenvalue weighted by atomic mass is 32.2. The number of oxazole rings is 1. The van der Waals surface area contributed by atoms with E-state index in [1.165, 1.54) is 18.2 Å². The molecule has 0 aliphatic rings. The monoisotopic (exact) mass is 455 g/mol. The Morgan fingerprint density at radius 3 is 2.28 bits per heavy atom. The lowest BCUT2D eigenvalue weighted by Gasteiger charge is -2.13. The van der Waals surface area contributed by atoms with Gasteiger partial charge in [-0.05, 0) is 55.7 Å².